The maximum absolute atomic E-state index is 12.7. The first-order chi connectivity index (χ1) is 25.7. The van der Waals surface area contributed by atoms with Crippen LogP contribution in [0.2, 0.25) is 0 Å². The fraction of sp³-hybridized carbons (Fsp3) is 0.435. The monoisotopic (exact) mass is 724 g/mol. The lowest BCUT2D eigenvalue weighted by Crippen LogP contribution is -2.58. The standard InChI is InChI=1S/C46H48N2O6/c1-43-20-18-37(49)46(4,42(53)54)36(43)17-14-26-29(43)15-13-27-39-31(47-40(26)27)9-7-11-33(39)48-32-10-6-5-8-25(32)28-23-30-24(22-34(28)48)12-16-35-44(30,2)21-19-38(50)45(35,3)41(51)52/h5-11,13,15,22-23,35-38,47,49-50H,12,14,16-21H2,1-4H3,(H,51,52)(H,53,54)/t35?,36-,37+,38+,43-,44-,45?,46+/m1/s1. The maximum Gasteiger partial charge on any atom is 0.312 e. The summed E-state index contributed by atoms with van der Waals surface area (Å²) in [5.41, 5.74) is 7.24. The SMILES string of the molecule is CC1(C(=O)O)C2CCc3cc4c(cc3[C@@]2(C)CC[C@@H]1O)c1ccccc1n4-c1cccc2[nH]c3c4c(ccc3c12)[C@@]1(C)CC[C@H](O)[C@@](C)(C(=O)O)[C@@H]1CC4. The van der Waals surface area contributed by atoms with Gasteiger partial charge >= 0.3 is 11.9 Å². The Hall–Kier alpha value is -4.66. The summed E-state index contributed by atoms with van der Waals surface area (Å²) in [4.78, 5) is 29.3. The van der Waals surface area contributed by atoms with Gasteiger partial charge in [-0.15, -0.1) is 0 Å². The molecule has 0 radical (unpaired) electrons. The van der Waals surface area contributed by atoms with Crippen molar-refractivity contribution in [1.29, 1.82) is 0 Å². The Balaban J connectivity index is 1.17. The van der Waals surface area contributed by atoms with Crippen molar-refractivity contribution in [2.75, 3.05) is 0 Å². The van der Waals surface area contributed by atoms with Crippen LogP contribution in [-0.2, 0) is 33.3 Å². The molecule has 6 aromatic rings. The van der Waals surface area contributed by atoms with E-state index in [9.17, 15) is 30.0 Å². The van der Waals surface area contributed by atoms with Crippen LogP contribution in [0.15, 0.2) is 66.7 Å². The molecule has 2 aromatic heterocycles. The van der Waals surface area contributed by atoms with Gasteiger partial charge in [-0.05, 0) is 140 Å². The summed E-state index contributed by atoms with van der Waals surface area (Å²) < 4.78 is 2.40. The minimum atomic E-state index is -1.20. The second kappa shape index (κ2) is 11.0. The number of aromatic amines is 1. The van der Waals surface area contributed by atoms with E-state index in [1.165, 1.54) is 22.3 Å². The summed E-state index contributed by atoms with van der Waals surface area (Å²) in [6.45, 7) is 7.93. The number of carbonyl (C=O) groups is 2. The molecular formula is C46H48N2O6. The Morgan fingerprint density at radius 1 is 0.685 bits per heavy atom. The van der Waals surface area contributed by atoms with Crippen LogP contribution < -0.4 is 0 Å². The number of aliphatic carboxylic acids is 2. The first kappa shape index (κ1) is 33.9. The number of para-hydroxylation sites is 1. The molecule has 0 spiro atoms. The number of carboxylic acids is 2. The summed E-state index contributed by atoms with van der Waals surface area (Å²) in [5.74, 6) is -2.17. The number of aryl methyl sites for hydroxylation is 2. The van der Waals surface area contributed by atoms with Crippen molar-refractivity contribution >= 4 is 55.6 Å². The lowest BCUT2D eigenvalue weighted by atomic mass is 9.49. The zero-order valence-electron chi connectivity index (χ0n) is 31.4. The molecule has 10 rings (SSSR count). The number of aliphatic hydroxyl groups excluding tert-OH is 2. The van der Waals surface area contributed by atoms with Gasteiger partial charge in [0, 0.05) is 27.1 Å². The van der Waals surface area contributed by atoms with E-state index in [4.69, 9.17) is 0 Å². The number of nitrogens with one attached hydrogen (secondary N) is 1. The van der Waals surface area contributed by atoms with Gasteiger partial charge in [-0.1, -0.05) is 50.2 Å². The summed E-state index contributed by atoms with van der Waals surface area (Å²) in [7, 11) is 0. The first-order valence-electron chi connectivity index (χ1n) is 19.7. The highest BCUT2D eigenvalue weighted by Gasteiger charge is 2.61. The number of fused-ring (bicyclic) bond motifs is 13. The molecule has 54 heavy (non-hydrogen) atoms. The maximum atomic E-state index is 12.7. The third-order valence-electron chi connectivity index (χ3n) is 15.8. The predicted octanol–water partition coefficient (Wildman–Crippen LogP) is 8.55. The number of rotatable bonds is 3. The summed E-state index contributed by atoms with van der Waals surface area (Å²) in [6, 6.07) is 24.2. The smallest absolute Gasteiger partial charge is 0.312 e. The van der Waals surface area contributed by atoms with Crippen LogP contribution in [0.4, 0.5) is 0 Å². The van der Waals surface area contributed by atoms with Gasteiger partial charge < -0.3 is 30.0 Å². The molecule has 5 N–H and O–H groups in total. The number of nitrogens with zero attached hydrogens (tertiary/aromatic N) is 1. The van der Waals surface area contributed by atoms with Gasteiger partial charge in [0.1, 0.15) is 0 Å². The van der Waals surface area contributed by atoms with Crippen molar-refractivity contribution in [1.82, 2.24) is 9.55 Å². The second-order valence-corrected chi connectivity index (χ2v) is 18.0. The molecule has 2 saturated carbocycles. The van der Waals surface area contributed by atoms with E-state index in [-0.39, 0.29) is 22.7 Å². The van der Waals surface area contributed by atoms with E-state index in [1.54, 1.807) is 13.8 Å². The minimum absolute atomic E-state index is 0.172. The van der Waals surface area contributed by atoms with Crippen LogP contribution in [0.1, 0.15) is 88.5 Å². The lowest BCUT2D eigenvalue weighted by molar-refractivity contribution is -0.172. The summed E-state index contributed by atoms with van der Waals surface area (Å²) in [5, 5.41) is 47.4. The van der Waals surface area contributed by atoms with Gasteiger partial charge in [-0.3, -0.25) is 9.59 Å². The molecule has 4 aromatic carbocycles. The van der Waals surface area contributed by atoms with E-state index < -0.39 is 35.0 Å². The van der Waals surface area contributed by atoms with Crippen molar-refractivity contribution in [3.8, 4) is 5.69 Å². The van der Waals surface area contributed by atoms with Gasteiger partial charge in [-0.2, -0.15) is 0 Å². The van der Waals surface area contributed by atoms with Gasteiger partial charge in [0.2, 0.25) is 0 Å². The van der Waals surface area contributed by atoms with Crippen LogP contribution in [0.5, 0.6) is 0 Å². The molecule has 278 valence electrons. The summed E-state index contributed by atoms with van der Waals surface area (Å²) >= 11 is 0. The van der Waals surface area contributed by atoms with Crippen molar-refractivity contribution < 1.29 is 30.0 Å². The molecule has 2 unspecified atom stereocenters. The third kappa shape index (κ3) is 4.00. The van der Waals surface area contributed by atoms with Gasteiger partial charge in [0.15, 0.2) is 0 Å². The van der Waals surface area contributed by atoms with E-state index in [1.807, 2.05) is 0 Å². The number of aliphatic hydroxyl groups is 2. The quantitative estimate of drug-likeness (QED) is 0.124. The molecule has 0 saturated heterocycles. The molecule has 4 aliphatic carbocycles. The van der Waals surface area contributed by atoms with E-state index in [0.717, 1.165) is 75.0 Å². The van der Waals surface area contributed by atoms with Crippen LogP contribution >= 0.6 is 0 Å². The number of H-pyrrole nitrogens is 1. The Morgan fingerprint density at radius 2 is 1.33 bits per heavy atom. The molecule has 2 fully saturated rings. The number of hydrogen-bond donors (Lipinski definition) is 5. The van der Waals surface area contributed by atoms with Gasteiger partial charge in [0.25, 0.3) is 0 Å². The highest BCUT2D eigenvalue weighted by atomic mass is 16.4. The van der Waals surface area contributed by atoms with E-state index in [0.29, 0.717) is 25.7 Å². The zero-order chi connectivity index (χ0) is 37.7. The minimum Gasteiger partial charge on any atom is -0.481 e. The molecule has 4 aliphatic rings. The highest BCUT2D eigenvalue weighted by molar-refractivity contribution is 6.16. The average Bonchev–Trinajstić information content (AvgIpc) is 3.70. The molecule has 8 atom stereocenters. The van der Waals surface area contributed by atoms with Gasteiger partial charge in [-0.25, -0.2) is 0 Å². The van der Waals surface area contributed by atoms with Gasteiger partial charge in [0.05, 0.1) is 45.3 Å². The third-order valence-corrected chi connectivity index (χ3v) is 15.8. The molecule has 0 aliphatic heterocycles. The van der Waals surface area contributed by atoms with Crippen LogP contribution in [0.25, 0.3) is 49.3 Å². The Kier molecular flexibility index (Phi) is 6.89. The summed E-state index contributed by atoms with van der Waals surface area (Å²) in [6.07, 6.45) is 3.58. The Labute approximate surface area is 313 Å². The van der Waals surface area contributed by atoms with E-state index >= 15 is 0 Å². The molecule has 0 amide bonds. The number of hydrogen-bond acceptors (Lipinski definition) is 4. The van der Waals surface area contributed by atoms with Crippen molar-refractivity contribution in [3.05, 3.63) is 89.0 Å². The van der Waals surface area contributed by atoms with Crippen molar-refractivity contribution in [3.63, 3.8) is 0 Å². The molecular weight excluding hydrogens is 677 g/mol. The number of aromatic nitrogens is 2. The Morgan fingerprint density at radius 3 is 2.02 bits per heavy atom. The van der Waals surface area contributed by atoms with Crippen molar-refractivity contribution in [2.45, 2.75) is 102 Å². The molecule has 2 heterocycles. The van der Waals surface area contributed by atoms with Crippen molar-refractivity contribution in [2.24, 2.45) is 22.7 Å². The largest absolute Gasteiger partial charge is 0.481 e. The normalized spacial score (nSPS) is 33.4. The predicted molar refractivity (Wildman–Crippen MR) is 210 cm³/mol. The number of carboxylic acid groups (broad SMARTS) is 2. The van der Waals surface area contributed by atoms with E-state index in [2.05, 4.69) is 90.1 Å². The topological polar surface area (TPSA) is 136 Å². The molecule has 8 heteroatoms. The van der Waals surface area contributed by atoms with Crippen LogP contribution in [0, 0.1) is 22.7 Å². The number of benzene rings is 4. The second-order valence-electron chi connectivity index (χ2n) is 18.0. The fourth-order valence-corrected chi connectivity index (χ4v) is 12.8. The molecule has 8 nitrogen and oxygen atoms in total. The average molecular weight is 725 g/mol. The highest BCUT2D eigenvalue weighted by Crippen LogP contribution is 2.60. The Bertz CT molecular complexity index is 2620. The fourth-order valence-electron chi connectivity index (χ4n) is 12.8. The molecule has 0 bridgehead atoms. The lowest BCUT2D eigenvalue weighted by Gasteiger charge is -2.55. The van der Waals surface area contributed by atoms with Crippen LogP contribution in [-0.4, -0.2) is 54.1 Å². The first-order valence-corrected chi connectivity index (χ1v) is 19.7. The van der Waals surface area contributed by atoms with Crippen LogP contribution in [0.3, 0.4) is 0 Å². The zero-order valence-corrected chi connectivity index (χ0v) is 31.4.